The maximum absolute atomic E-state index is 11.8. The molecule has 0 atom stereocenters. The highest BCUT2D eigenvalue weighted by molar-refractivity contribution is 6.30. The number of carbonyl (C=O) groups excluding carboxylic acids is 1. The average molecular weight is 285 g/mol. The van der Waals surface area contributed by atoms with Crippen molar-refractivity contribution in [3.05, 3.63) is 34.9 Å². The van der Waals surface area contributed by atoms with Gasteiger partial charge in [0.25, 0.3) is 0 Å². The molecule has 0 heterocycles. The summed E-state index contributed by atoms with van der Waals surface area (Å²) in [7, 11) is 0. The van der Waals surface area contributed by atoms with Gasteiger partial charge in [-0.1, -0.05) is 23.7 Å². The fraction of sp³-hybridized carbons (Fsp3) is 0.385. The number of halogens is 1. The first-order valence-electron chi connectivity index (χ1n) is 6.02. The van der Waals surface area contributed by atoms with Crippen molar-refractivity contribution in [3.63, 3.8) is 0 Å². The van der Waals surface area contributed by atoms with Crippen molar-refractivity contribution in [1.82, 2.24) is 10.2 Å². The number of amides is 2. The minimum absolute atomic E-state index is 0.0791. The molecule has 1 aromatic carbocycles. The highest BCUT2D eigenvalue weighted by Gasteiger charge is 2.11. The zero-order chi connectivity index (χ0) is 14.3. The Bertz CT molecular complexity index is 434. The van der Waals surface area contributed by atoms with Crippen molar-refractivity contribution >= 4 is 23.6 Å². The van der Waals surface area contributed by atoms with Gasteiger partial charge in [0.1, 0.15) is 0 Å². The van der Waals surface area contributed by atoms with E-state index in [-0.39, 0.29) is 19.0 Å². The number of carboxylic acid groups (broad SMARTS) is 1. The molecule has 0 spiro atoms. The molecule has 0 saturated carbocycles. The van der Waals surface area contributed by atoms with Crippen LogP contribution in [0.3, 0.4) is 0 Å². The predicted octanol–water partition coefficient (Wildman–Crippen LogP) is 2.35. The van der Waals surface area contributed by atoms with Crippen LogP contribution in [0.15, 0.2) is 24.3 Å². The summed E-state index contributed by atoms with van der Waals surface area (Å²) < 4.78 is 0. The number of urea groups is 1. The number of rotatable bonds is 6. The van der Waals surface area contributed by atoms with Crippen molar-refractivity contribution in [2.45, 2.75) is 19.9 Å². The molecule has 2 amide bonds. The monoisotopic (exact) mass is 284 g/mol. The van der Waals surface area contributed by atoms with Crippen LogP contribution in [0, 0.1) is 0 Å². The number of aliphatic carboxylic acids is 1. The molecule has 5 nitrogen and oxygen atoms in total. The lowest BCUT2D eigenvalue weighted by atomic mass is 10.2. The lowest BCUT2D eigenvalue weighted by Gasteiger charge is -2.21. The molecule has 104 valence electrons. The van der Waals surface area contributed by atoms with Gasteiger partial charge in [-0.3, -0.25) is 4.79 Å². The molecule has 0 radical (unpaired) electrons. The molecule has 0 aliphatic rings. The van der Waals surface area contributed by atoms with Gasteiger partial charge in [0.05, 0.1) is 6.42 Å². The van der Waals surface area contributed by atoms with Crippen LogP contribution in [0.4, 0.5) is 4.79 Å². The summed E-state index contributed by atoms with van der Waals surface area (Å²) in [5.41, 5.74) is 0.972. The standard InChI is InChI=1S/C13H17ClN2O3/c1-2-16(13(19)15-8-7-12(17)18)9-10-3-5-11(14)6-4-10/h3-6H,2,7-9H2,1H3,(H,15,19)(H,17,18). The number of hydrogen-bond donors (Lipinski definition) is 2. The molecule has 2 N–H and O–H groups in total. The summed E-state index contributed by atoms with van der Waals surface area (Å²) >= 11 is 5.79. The first kappa shape index (κ1) is 15.3. The van der Waals surface area contributed by atoms with E-state index in [0.29, 0.717) is 18.1 Å². The second-order valence-electron chi connectivity index (χ2n) is 4.02. The van der Waals surface area contributed by atoms with Crippen LogP contribution in [-0.4, -0.2) is 35.1 Å². The Morgan fingerprint density at radius 1 is 1.32 bits per heavy atom. The molecule has 0 unspecified atom stereocenters. The number of hydrogen-bond acceptors (Lipinski definition) is 2. The molecule has 1 rings (SSSR count). The Balaban J connectivity index is 2.50. The van der Waals surface area contributed by atoms with Gasteiger partial charge in [0.2, 0.25) is 0 Å². The third kappa shape index (κ3) is 5.61. The molecule has 6 heteroatoms. The van der Waals surface area contributed by atoms with Gasteiger partial charge in [-0.25, -0.2) is 4.79 Å². The normalized spacial score (nSPS) is 10.0. The zero-order valence-corrected chi connectivity index (χ0v) is 11.5. The predicted molar refractivity (Wildman–Crippen MR) is 73.2 cm³/mol. The van der Waals surface area contributed by atoms with E-state index in [1.807, 2.05) is 19.1 Å². The SMILES string of the molecule is CCN(Cc1ccc(Cl)cc1)C(=O)NCCC(=O)O. The highest BCUT2D eigenvalue weighted by atomic mass is 35.5. The third-order valence-electron chi connectivity index (χ3n) is 2.57. The number of carbonyl (C=O) groups is 2. The van der Waals surface area contributed by atoms with E-state index in [0.717, 1.165) is 5.56 Å². The molecular weight excluding hydrogens is 268 g/mol. The Morgan fingerprint density at radius 3 is 2.47 bits per heavy atom. The van der Waals surface area contributed by atoms with Crippen LogP contribution < -0.4 is 5.32 Å². The first-order chi connectivity index (χ1) is 9.02. The van der Waals surface area contributed by atoms with E-state index < -0.39 is 5.97 Å². The fourth-order valence-corrected chi connectivity index (χ4v) is 1.65. The minimum Gasteiger partial charge on any atom is -0.481 e. The van der Waals surface area contributed by atoms with Crippen LogP contribution in [-0.2, 0) is 11.3 Å². The fourth-order valence-electron chi connectivity index (χ4n) is 1.53. The van der Waals surface area contributed by atoms with E-state index in [9.17, 15) is 9.59 Å². The van der Waals surface area contributed by atoms with Crippen molar-refractivity contribution in [3.8, 4) is 0 Å². The van der Waals surface area contributed by atoms with E-state index >= 15 is 0 Å². The Morgan fingerprint density at radius 2 is 1.95 bits per heavy atom. The van der Waals surface area contributed by atoms with Crippen LogP contribution in [0.1, 0.15) is 18.9 Å². The smallest absolute Gasteiger partial charge is 0.317 e. The quantitative estimate of drug-likeness (QED) is 0.842. The molecule has 0 bridgehead atoms. The summed E-state index contributed by atoms with van der Waals surface area (Å²) in [4.78, 5) is 23.8. The van der Waals surface area contributed by atoms with Gasteiger partial charge in [0.15, 0.2) is 0 Å². The Kier molecular flexibility index (Phi) is 6.15. The van der Waals surface area contributed by atoms with Crippen LogP contribution >= 0.6 is 11.6 Å². The number of benzene rings is 1. The molecule has 0 fully saturated rings. The van der Waals surface area contributed by atoms with E-state index in [1.165, 1.54) is 0 Å². The first-order valence-corrected chi connectivity index (χ1v) is 6.39. The van der Waals surface area contributed by atoms with Gasteiger partial charge < -0.3 is 15.3 Å². The molecule has 1 aromatic rings. The summed E-state index contributed by atoms with van der Waals surface area (Å²) in [6.07, 6.45) is -0.0791. The van der Waals surface area contributed by atoms with Gasteiger partial charge in [-0.2, -0.15) is 0 Å². The number of nitrogens with zero attached hydrogens (tertiary/aromatic N) is 1. The van der Waals surface area contributed by atoms with E-state index in [4.69, 9.17) is 16.7 Å². The third-order valence-corrected chi connectivity index (χ3v) is 2.82. The highest BCUT2D eigenvalue weighted by Crippen LogP contribution is 2.11. The molecule has 19 heavy (non-hydrogen) atoms. The largest absolute Gasteiger partial charge is 0.481 e. The van der Waals surface area contributed by atoms with Crippen LogP contribution in [0.5, 0.6) is 0 Å². The maximum atomic E-state index is 11.8. The zero-order valence-electron chi connectivity index (χ0n) is 10.7. The van der Waals surface area contributed by atoms with E-state index in [1.54, 1.807) is 17.0 Å². The van der Waals surface area contributed by atoms with Crippen molar-refractivity contribution < 1.29 is 14.7 Å². The Labute approximate surface area is 117 Å². The van der Waals surface area contributed by atoms with Crippen molar-refractivity contribution in [1.29, 1.82) is 0 Å². The van der Waals surface area contributed by atoms with Crippen molar-refractivity contribution in [2.75, 3.05) is 13.1 Å². The van der Waals surface area contributed by atoms with Gasteiger partial charge in [-0.05, 0) is 24.6 Å². The van der Waals surface area contributed by atoms with Gasteiger partial charge in [0, 0.05) is 24.7 Å². The molecular formula is C13H17ClN2O3. The maximum Gasteiger partial charge on any atom is 0.317 e. The molecule has 0 aliphatic heterocycles. The minimum atomic E-state index is -0.930. The van der Waals surface area contributed by atoms with Gasteiger partial charge >= 0.3 is 12.0 Å². The summed E-state index contributed by atoms with van der Waals surface area (Å²) in [6.45, 7) is 3.01. The van der Waals surface area contributed by atoms with Crippen LogP contribution in [0.25, 0.3) is 0 Å². The lowest BCUT2D eigenvalue weighted by Crippen LogP contribution is -2.40. The topological polar surface area (TPSA) is 69.6 Å². The Hall–Kier alpha value is -1.75. The van der Waals surface area contributed by atoms with Gasteiger partial charge in [-0.15, -0.1) is 0 Å². The van der Waals surface area contributed by atoms with E-state index in [2.05, 4.69) is 5.32 Å². The lowest BCUT2D eigenvalue weighted by molar-refractivity contribution is -0.136. The summed E-state index contributed by atoms with van der Waals surface area (Å²) in [6, 6.07) is 6.99. The molecule has 0 aromatic heterocycles. The average Bonchev–Trinajstić information content (AvgIpc) is 2.37. The molecule has 0 saturated heterocycles. The number of nitrogens with one attached hydrogen (secondary N) is 1. The van der Waals surface area contributed by atoms with Crippen LogP contribution in [0.2, 0.25) is 5.02 Å². The van der Waals surface area contributed by atoms with Crippen molar-refractivity contribution in [2.24, 2.45) is 0 Å². The summed E-state index contributed by atoms with van der Waals surface area (Å²) in [5, 5.41) is 11.7. The number of carboxylic acids is 1. The molecule has 0 aliphatic carbocycles. The summed E-state index contributed by atoms with van der Waals surface area (Å²) in [5.74, 6) is -0.930. The second-order valence-corrected chi connectivity index (χ2v) is 4.45. The second kappa shape index (κ2) is 7.63.